The van der Waals surface area contributed by atoms with E-state index in [-0.39, 0.29) is 5.78 Å². The number of fused-ring (bicyclic) bond motifs is 1. The SMILES string of the molecule is CCCc1c(OC)c(OC)cc2c1C(=O)CCC2. The topological polar surface area (TPSA) is 35.5 Å². The van der Waals surface area contributed by atoms with Gasteiger partial charge in [-0.05, 0) is 30.9 Å². The summed E-state index contributed by atoms with van der Waals surface area (Å²) in [6.45, 7) is 2.11. The molecular weight excluding hydrogens is 228 g/mol. The number of benzene rings is 1. The standard InChI is InChI=1S/C15H20O3/c1-4-6-11-14-10(7-5-8-12(14)16)9-13(17-2)15(11)18-3/h9H,4-8H2,1-3H3. The summed E-state index contributed by atoms with van der Waals surface area (Å²) in [7, 11) is 3.28. The molecule has 1 aromatic rings. The Bertz CT molecular complexity index is 463. The fourth-order valence-corrected chi connectivity index (χ4v) is 2.72. The number of hydrogen-bond donors (Lipinski definition) is 0. The molecule has 0 atom stereocenters. The van der Waals surface area contributed by atoms with Gasteiger partial charge in [-0.1, -0.05) is 13.3 Å². The molecule has 0 heterocycles. The molecule has 2 rings (SSSR count). The third-order valence-corrected chi connectivity index (χ3v) is 3.48. The van der Waals surface area contributed by atoms with Crippen LogP contribution in [-0.2, 0) is 12.8 Å². The maximum absolute atomic E-state index is 12.2. The Morgan fingerprint density at radius 1 is 1.22 bits per heavy atom. The lowest BCUT2D eigenvalue weighted by Gasteiger charge is -2.22. The second-order valence-corrected chi connectivity index (χ2v) is 4.65. The van der Waals surface area contributed by atoms with Crippen molar-refractivity contribution < 1.29 is 14.3 Å². The predicted octanol–water partition coefficient (Wildman–Crippen LogP) is 3.18. The monoisotopic (exact) mass is 248 g/mol. The van der Waals surface area contributed by atoms with Gasteiger partial charge in [-0.25, -0.2) is 0 Å². The van der Waals surface area contributed by atoms with Crippen molar-refractivity contribution in [2.75, 3.05) is 14.2 Å². The first kappa shape index (κ1) is 12.9. The van der Waals surface area contributed by atoms with Gasteiger partial charge in [0.25, 0.3) is 0 Å². The van der Waals surface area contributed by atoms with E-state index >= 15 is 0 Å². The van der Waals surface area contributed by atoms with E-state index in [1.54, 1.807) is 14.2 Å². The highest BCUT2D eigenvalue weighted by atomic mass is 16.5. The fourth-order valence-electron chi connectivity index (χ4n) is 2.72. The average Bonchev–Trinajstić information content (AvgIpc) is 2.38. The van der Waals surface area contributed by atoms with Gasteiger partial charge in [-0.2, -0.15) is 0 Å². The summed E-state index contributed by atoms with van der Waals surface area (Å²) in [6, 6.07) is 1.96. The molecule has 18 heavy (non-hydrogen) atoms. The highest BCUT2D eigenvalue weighted by Gasteiger charge is 2.25. The summed E-state index contributed by atoms with van der Waals surface area (Å²) >= 11 is 0. The smallest absolute Gasteiger partial charge is 0.164 e. The van der Waals surface area contributed by atoms with Gasteiger partial charge < -0.3 is 9.47 Å². The molecule has 0 saturated heterocycles. The molecule has 0 N–H and O–H groups in total. The van der Waals surface area contributed by atoms with Crippen LogP contribution in [0.2, 0.25) is 0 Å². The van der Waals surface area contributed by atoms with E-state index in [1.807, 2.05) is 6.07 Å². The number of Topliss-reactive ketones (excluding diaryl/α,β-unsaturated/α-hetero) is 1. The van der Waals surface area contributed by atoms with Crippen LogP contribution >= 0.6 is 0 Å². The van der Waals surface area contributed by atoms with Crippen LogP contribution in [0.4, 0.5) is 0 Å². The first-order valence-electron chi connectivity index (χ1n) is 6.52. The van der Waals surface area contributed by atoms with Gasteiger partial charge in [-0.15, -0.1) is 0 Å². The van der Waals surface area contributed by atoms with Crippen molar-refractivity contribution in [2.24, 2.45) is 0 Å². The second-order valence-electron chi connectivity index (χ2n) is 4.65. The predicted molar refractivity (Wildman–Crippen MR) is 70.8 cm³/mol. The Kier molecular flexibility index (Phi) is 3.90. The highest BCUT2D eigenvalue weighted by Crippen LogP contribution is 2.39. The summed E-state index contributed by atoms with van der Waals surface area (Å²) in [6.07, 6.45) is 4.39. The molecule has 0 amide bonds. The lowest BCUT2D eigenvalue weighted by Crippen LogP contribution is -2.15. The highest BCUT2D eigenvalue weighted by molar-refractivity contribution is 6.01. The molecule has 0 bridgehead atoms. The molecule has 1 aliphatic rings. The summed E-state index contributed by atoms with van der Waals surface area (Å²) < 4.78 is 10.8. The zero-order chi connectivity index (χ0) is 13.1. The van der Waals surface area contributed by atoms with Crippen LogP contribution in [0.3, 0.4) is 0 Å². The van der Waals surface area contributed by atoms with Crippen LogP contribution in [0, 0.1) is 0 Å². The number of carbonyl (C=O) groups is 1. The number of rotatable bonds is 4. The summed E-state index contributed by atoms with van der Waals surface area (Å²) in [5.74, 6) is 1.73. The third kappa shape index (κ3) is 2.09. The van der Waals surface area contributed by atoms with E-state index in [2.05, 4.69) is 6.92 Å². The van der Waals surface area contributed by atoms with Gasteiger partial charge in [0.2, 0.25) is 0 Å². The molecule has 0 unspecified atom stereocenters. The van der Waals surface area contributed by atoms with Gasteiger partial charge in [0, 0.05) is 17.5 Å². The van der Waals surface area contributed by atoms with Gasteiger partial charge in [0.15, 0.2) is 17.3 Å². The summed E-state index contributed by atoms with van der Waals surface area (Å²) in [4.78, 5) is 12.2. The molecule has 98 valence electrons. The first-order valence-corrected chi connectivity index (χ1v) is 6.52. The quantitative estimate of drug-likeness (QED) is 0.821. The molecule has 0 radical (unpaired) electrons. The lowest BCUT2D eigenvalue weighted by molar-refractivity contribution is 0.0971. The molecule has 0 fully saturated rings. The summed E-state index contributed by atoms with van der Waals surface area (Å²) in [5.41, 5.74) is 3.03. The van der Waals surface area contributed by atoms with Gasteiger partial charge in [0.05, 0.1) is 14.2 Å². The molecule has 0 saturated carbocycles. The maximum Gasteiger partial charge on any atom is 0.164 e. The molecule has 3 heteroatoms. The molecule has 1 aliphatic carbocycles. The van der Waals surface area contributed by atoms with E-state index < -0.39 is 0 Å². The molecule has 0 spiro atoms. The Morgan fingerprint density at radius 3 is 2.61 bits per heavy atom. The number of hydrogen-bond acceptors (Lipinski definition) is 3. The van der Waals surface area contributed by atoms with Crippen molar-refractivity contribution in [2.45, 2.75) is 39.0 Å². The lowest BCUT2D eigenvalue weighted by atomic mass is 9.85. The Hall–Kier alpha value is -1.51. The number of ketones is 1. The van der Waals surface area contributed by atoms with E-state index in [9.17, 15) is 4.79 Å². The number of aryl methyl sites for hydroxylation is 1. The van der Waals surface area contributed by atoms with E-state index in [4.69, 9.17) is 9.47 Å². The molecular formula is C15H20O3. The van der Waals surface area contributed by atoms with Crippen LogP contribution in [-0.4, -0.2) is 20.0 Å². The average molecular weight is 248 g/mol. The Balaban J connectivity index is 2.66. The van der Waals surface area contributed by atoms with Crippen molar-refractivity contribution in [1.29, 1.82) is 0 Å². The molecule has 0 aliphatic heterocycles. The second kappa shape index (κ2) is 5.42. The zero-order valence-corrected chi connectivity index (χ0v) is 11.3. The first-order chi connectivity index (χ1) is 8.72. The number of ether oxygens (including phenoxy) is 2. The van der Waals surface area contributed by atoms with Crippen LogP contribution in [0.5, 0.6) is 11.5 Å². The van der Waals surface area contributed by atoms with E-state index in [0.717, 1.165) is 53.9 Å². The molecule has 1 aromatic carbocycles. The van der Waals surface area contributed by atoms with Crippen molar-refractivity contribution in [1.82, 2.24) is 0 Å². The Morgan fingerprint density at radius 2 is 2.00 bits per heavy atom. The summed E-state index contributed by atoms with van der Waals surface area (Å²) in [5, 5.41) is 0. The minimum atomic E-state index is 0.251. The van der Waals surface area contributed by atoms with Crippen molar-refractivity contribution in [3.63, 3.8) is 0 Å². The van der Waals surface area contributed by atoms with Crippen LogP contribution in [0.1, 0.15) is 47.7 Å². The van der Waals surface area contributed by atoms with Crippen molar-refractivity contribution >= 4 is 5.78 Å². The van der Waals surface area contributed by atoms with Gasteiger partial charge >= 0.3 is 0 Å². The van der Waals surface area contributed by atoms with E-state index in [1.165, 1.54) is 0 Å². The molecule has 3 nitrogen and oxygen atoms in total. The van der Waals surface area contributed by atoms with E-state index in [0.29, 0.717) is 6.42 Å². The zero-order valence-electron chi connectivity index (χ0n) is 11.3. The van der Waals surface area contributed by atoms with Crippen LogP contribution in [0.25, 0.3) is 0 Å². The number of carbonyl (C=O) groups excluding carboxylic acids is 1. The normalized spacial score (nSPS) is 14.3. The van der Waals surface area contributed by atoms with Crippen molar-refractivity contribution in [3.8, 4) is 11.5 Å². The third-order valence-electron chi connectivity index (χ3n) is 3.48. The van der Waals surface area contributed by atoms with Crippen LogP contribution < -0.4 is 9.47 Å². The Labute approximate surface area is 108 Å². The minimum absolute atomic E-state index is 0.251. The van der Waals surface area contributed by atoms with Crippen molar-refractivity contribution in [3.05, 3.63) is 22.8 Å². The minimum Gasteiger partial charge on any atom is -0.493 e. The van der Waals surface area contributed by atoms with Gasteiger partial charge in [-0.3, -0.25) is 4.79 Å². The number of methoxy groups -OCH3 is 2. The maximum atomic E-state index is 12.2. The fraction of sp³-hybridized carbons (Fsp3) is 0.533. The largest absolute Gasteiger partial charge is 0.493 e. The van der Waals surface area contributed by atoms with Crippen LogP contribution in [0.15, 0.2) is 6.07 Å². The molecule has 0 aromatic heterocycles. The van der Waals surface area contributed by atoms with Gasteiger partial charge in [0.1, 0.15) is 0 Å².